The van der Waals surface area contributed by atoms with Crippen molar-refractivity contribution in [3.63, 3.8) is 0 Å². The Hall–Kier alpha value is -1.89. The summed E-state index contributed by atoms with van der Waals surface area (Å²) in [7, 11) is 0. The molecule has 0 unspecified atom stereocenters. The van der Waals surface area contributed by atoms with E-state index in [9.17, 15) is 14.4 Å². The standard InChI is InChI=1S/C22H30N2O4S/c1-14(25)23-21-20(16-9-3-5-11-18(16)29-21)22(27)28-13-19(26)24-12-6-8-15-7-2-4-10-17(15)24/h15,17H,2-13H2,1H3,(H,23,25)/t15-,17+/m0/s1. The normalized spacial score (nSPS) is 23.7. The van der Waals surface area contributed by atoms with E-state index in [0.717, 1.165) is 55.5 Å². The number of amides is 2. The number of piperidine rings is 1. The summed E-state index contributed by atoms with van der Waals surface area (Å²) < 4.78 is 5.49. The third kappa shape index (κ3) is 4.34. The largest absolute Gasteiger partial charge is 0.452 e. The molecule has 2 aliphatic carbocycles. The topological polar surface area (TPSA) is 75.7 Å². The number of fused-ring (bicyclic) bond motifs is 2. The second-order valence-electron chi connectivity index (χ2n) is 8.51. The number of nitrogens with one attached hydrogen (secondary N) is 1. The average molecular weight is 419 g/mol. The van der Waals surface area contributed by atoms with Crippen LogP contribution in [0.25, 0.3) is 0 Å². The number of rotatable bonds is 4. The number of hydrogen-bond donors (Lipinski definition) is 1. The Morgan fingerprint density at radius 3 is 2.66 bits per heavy atom. The smallest absolute Gasteiger partial charge is 0.341 e. The molecule has 1 aromatic heterocycles. The molecule has 3 aliphatic rings. The van der Waals surface area contributed by atoms with Crippen molar-refractivity contribution in [2.45, 2.75) is 77.2 Å². The lowest BCUT2D eigenvalue weighted by atomic mass is 9.78. The third-order valence-electron chi connectivity index (χ3n) is 6.56. The summed E-state index contributed by atoms with van der Waals surface area (Å²) in [6.07, 6.45) is 10.8. The Kier molecular flexibility index (Phi) is 6.23. The van der Waals surface area contributed by atoms with E-state index in [4.69, 9.17) is 4.74 Å². The number of carbonyl (C=O) groups excluding carboxylic acids is 3. The molecular weight excluding hydrogens is 388 g/mol. The quantitative estimate of drug-likeness (QED) is 0.752. The van der Waals surface area contributed by atoms with Crippen LogP contribution in [0.5, 0.6) is 0 Å². The van der Waals surface area contributed by atoms with Gasteiger partial charge in [0, 0.05) is 24.4 Å². The van der Waals surface area contributed by atoms with Crippen molar-refractivity contribution in [1.29, 1.82) is 0 Å². The molecule has 0 aromatic carbocycles. The maximum atomic E-state index is 12.9. The number of esters is 1. The highest BCUT2D eigenvalue weighted by atomic mass is 32.1. The molecule has 0 radical (unpaired) electrons. The van der Waals surface area contributed by atoms with E-state index < -0.39 is 5.97 Å². The van der Waals surface area contributed by atoms with E-state index in [2.05, 4.69) is 5.32 Å². The molecule has 1 saturated heterocycles. The second kappa shape index (κ2) is 8.86. The molecule has 29 heavy (non-hydrogen) atoms. The first-order chi connectivity index (χ1) is 14.0. The number of carbonyl (C=O) groups is 3. The van der Waals surface area contributed by atoms with Crippen molar-refractivity contribution in [1.82, 2.24) is 4.90 Å². The highest BCUT2D eigenvalue weighted by molar-refractivity contribution is 7.17. The minimum absolute atomic E-state index is 0.0832. The van der Waals surface area contributed by atoms with Gasteiger partial charge in [-0.3, -0.25) is 9.59 Å². The highest BCUT2D eigenvalue weighted by Gasteiger charge is 2.36. The van der Waals surface area contributed by atoms with E-state index in [0.29, 0.717) is 22.5 Å². The van der Waals surface area contributed by atoms with Crippen LogP contribution in [0.15, 0.2) is 0 Å². The van der Waals surface area contributed by atoms with E-state index >= 15 is 0 Å². The van der Waals surface area contributed by atoms with Gasteiger partial charge in [0.1, 0.15) is 5.00 Å². The van der Waals surface area contributed by atoms with Crippen molar-refractivity contribution in [3.8, 4) is 0 Å². The highest BCUT2D eigenvalue weighted by Crippen LogP contribution is 2.39. The van der Waals surface area contributed by atoms with E-state index in [-0.39, 0.29) is 18.4 Å². The molecule has 1 aliphatic heterocycles. The van der Waals surface area contributed by atoms with Crippen molar-refractivity contribution in [3.05, 3.63) is 16.0 Å². The lowest BCUT2D eigenvalue weighted by molar-refractivity contribution is -0.140. The van der Waals surface area contributed by atoms with Crippen LogP contribution in [0, 0.1) is 5.92 Å². The first-order valence-electron chi connectivity index (χ1n) is 10.9. The van der Waals surface area contributed by atoms with Crippen LogP contribution < -0.4 is 5.32 Å². The molecule has 7 heteroatoms. The summed E-state index contributed by atoms with van der Waals surface area (Å²) in [5.41, 5.74) is 1.45. The molecule has 158 valence electrons. The SMILES string of the molecule is CC(=O)Nc1sc2c(c1C(=O)OCC(=O)N1CCC[C@@H]3CCCC[C@H]31)CCCC2. The lowest BCUT2D eigenvalue weighted by Gasteiger charge is -2.44. The summed E-state index contributed by atoms with van der Waals surface area (Å²) >= 11 is 1.47. The lowest BCUT2D eigenvalue weighted by Crippen LogP contribution is -2.50. The number of likely N-dealkylation sites (tertiary alicyclic amines) is 1. The minimum atomic E-state index is -0.487. The number of nitrogens with zero attached hydrogens (tertiary/aromatic N) is 1. The van der Waals surface area contributed by atoms with Crippen LogP contribution in [0.1, 0.15) is 79.1 Å². The molecule has 0 spiro atoms. The Labute approximate surface area is 176 Å². The maximum Gasteiger partial charge on any atom is 0.341 e. The molecule has 2 fully saturated rings. The van der Waals surface area contributed by atoms with E-state index in [1.165, 1.54) is 43.9 Å². The molecule has 1 N–H and O–H groups in total. The van der Waals surface area contributed by atoms with E-state index in [1.807, 2.05) is 4.90 Å². The molecule has 0 bridgehead atoms. The molecule has 2 atom stereocenters. The van der Waals surface area contributed by atoms with Gasteiger partial charge >= 0.3 is 5.97 Å². The van der Waals surface area contributed by atoms with Gasteiger partial charge in [0.25, 0.3) is 5.91 Å². The average Bonchev–Trinajstić information content (AvgIpc) is 3.08. The van der Waals surface area contributed by atoms with Crippen LogP contribution in [0.3, 0.4) is 0 Å². The monoisotopic (exact) mass is 418 g/mol. The van der Waals surface area contributed by atoms with Gasteiger partial charge in [-0.1, -0.05) is 12.8 Å². The summed E-state index contributed by atoms with van der Waals surface area (Å²) in [5, 5.41) is 3.35. The Bertz CT molecular complexity index is 801. The molecular formula is C22H30N2O4S. The molecule has 1 saturated carbocycles. The van der Waals surface area contributed by atoms with Crippen molar-refractivity contribution >= 4 is 34.1 Å². The van der Waals surface area contributed by atoms with Crippen molar-refractivity contribution in [2.24, 2.45) is 5.92 Å². The van der Waals surface area contributed by atoms with Gasteiger partial charge < -0.3 is 15.0 Å². The first-order valence-corrected chi connectivity index (χ1v) is 11.7. The molecule has 2 heterocycles. The van der Waals surface area contributed by atoms with Gasteiger partial charge in [0.15, 0.2) is 6.61 Å². The fourth-order valence-electron chi connectivity index (χ4n) is 5.25. The van der Waals surface area contributed by atoms with Gasteiger partial charge in [-0.25, -0.2) is 4.79 Å². The van der Waals surface area contributed by atoms with Crippen LogP contribution in [0.4, 0.5) is 5.00 Å². The van der Waals surface area contributed by atoms with Gasteiger partial charge in [0.05, 0.1) is 5.56 Å². The number of aryl methyl sites for hydroxylation is 1. The minimum Gasteiger partial charge on any atom is -0.452 e. The van der Waals surface area contributed by atoms with E-state index in [1.54, 1.807) is 0 Å². The summed E-state index contributed by atoms with van der Waals surface area (Å²) in [5.74, 6) is -0.170. The van der Waals surface area contributed by atoms with Crippen molar-refractivity contribution in [2.75, 3.05) is 18.5 Å². The molecule has 6 nitrogen and oxygen atoms in total. The third-order valence-corrected chi connectivity index (χ3v) is 7.76. The molecule has 1 aromatic rings. The Morgan fingerprint density at radius 2 is 1.83 bits per heavy atom. The van der Waals surface area contributed by atoms with Crippen molar-refractivity contribution < 1.29 is 19.1 Å². The number of thiophene rings is 1. The zero-order valence-corrected chi connectivity index (χ0v) is 17.9. The Morgan fingerprint density at radius 1 is 1.07 bits per heavy atom. The van der Waals surface area contributed by atoms with Crippen LogP contribution >= 0.6 is 11.3 Å². The van der Waals surface area contributed by atoms with Gasteiger partial charge in [-0.2, -0.15) is 0 Å². The zero-order valence-electron chi connectivity index (χ0n) is 17.1. The number of hydrogen-bond acceptors (Lipinski definition) is 5. The molecule has 4 rings (SSSR count). The fraction of sp³-hybridized carbons (Fsp3) is 0.682. The zero-order chi connectivity index (χ0) is 20.4. The van der Waals surface area contributed by atoms with Gasteiger partial charge in [-0.05, 0) is 62.8 Å². The predicted molar refractivity (Wildman–Crippen MR) is 112 cm³/mol. The van der Waals surface area contributed by atoms with Gasteiger partial charge in [-0.15, -0.1) is 11.3 Å². The first kappa shape index (κ1) is 20.4. The maximum absolute atomic E-state index is 12.9. The summed E-state index contributed by atoms with van der Waals surface area (Å²) in [4.78, 5) is 40.5. The summed E-state index contributed by atoms with van der Waals surface area (Å²) in [6, 6.07) is 0.313. The predicted octanol–water partition coefficient (Wildman–Crippen LogP) is 3.92. The fourth-order valence-corrected chi connectivity index (χ4v) is 6.57. The molecule has 2 amide bonds. The summed E-state index contributed by atoms with van der Waals surface area (Å²) in [6.45, 7) is 1.99. The Balaban J connectivity index is 1.45. The van der Waals surface area contributed by atoms with Crippen LogP contribution in [0.2, 0.25) is 0 Å². The van der Waals surface area contributed by atoms with Crippen LogP contribution in [-0.4, -0.2) is 41.9 Å². The second-order valence-corrected chi connectivity index (χ2v) is 9.62. The van der Waals surface area contributed by atoms with Gasteiger partial charge in [0.2, 0.25) is 5.91 Å². The van der Waals surface area contributed by atoms with Crippen LogP contribution in [-0.2, 0) is 27.2 Å². The number of anilines is 1. The number of ether oxygens (including phenoxy) is 1.